The molecule has 1 saturated heterocycles. The second-order valence-corrected chi connectivity index (χ2v) is 14.4. The predicted octanol–water partition coefficient (Wildman–Crippen LogP) is 2.66. The Balaban J connectivity index is 1.60. The fraction of sp³-hybridized carbons (Fsp3) is 0.621. The van der Waals surface area contributed by atoms with Crippen LogP contribution in [0.2, 0.25) is 0 Å². The predicted molar refractivity (Wildman–Crippen MR) is 158 cm³/mol. The first-order valence-electron chi connectivity index (χ1n) is 15.0. The molecule has 2 unspecified atom stereocenters. The van der Waals surface area contributed by atoms with E-state index in [9.17, 15) is 49.5 Å². The van der Waals surface area contributed by atoms with Crippen molar-refractivity contribution in [2.75, 3.05) is 32.4 Å². The van der Waals surface area contributed by atoms with Crippen LogP contribution in [0.15, 0.2) is 18.2 Å². The third kappa shape index (κ3) is 9.45. The molecule has 4 rings (SSSR count). The van der Waals surface area contributed by atoms with E-state index in [1.54, 1.807) is 18.7 Å². The smallest absolute Gasteiger partial charge is 0.390 e. The van der Waals surface area contributed by atoms with Crippen molar-refractivity contribution >= 4 is 21.8 Å². The van der Waals surface area contributed by atoms with Gasteiger partial charge in [0, 0.05) is 75.0 Å². The molecule has 3 N–H and O–H groups in total. The van der Waals surface area contributed by atoms with Gasteiger partial charge in [0.1, 0.15) is 0 Å². The quantitative estimate of drug-likeness (QED) is 0.308. The van der Waals surface area contributed by atoms with Crippen LogP contribution >= 0.6 is 0 Å². The van der Waals surface area contributed by atoms with Gasteiger partial charge in [-0.15, -0.1) is 0 Å². The summed E-state index contributed by atoms with van der Waals surface area (Å²) in [4.78, 5) is 25.2. The van der Waals surface area contributed by atoms with Crippen molar-refractivity contribution in [1.82, 2.24) is 29.6 Å². The van der Waals surface area contributed by atoms with Gasteiger partial charge in [0.15, 0.2) is 0 Å². The third-order valence-corrected chi connectivity index (χ3v) is 9.29. The first kappa shape index (κ1) is 36.6. The van der Waals surface area contributed by atoms with Crippen LogP contribution in [0.1, 0.15) is 49.1 Å². The van der Waals surface area contributed by atoms with Crippen LogP contribution in [-0.4, -0.2) is 95.1 Å². The molecule has 1 fully saturated rings. The number of carbonyl (C=O) groups excluding carboxylic acids is 2. The molecule has 0 saturated carbocycles. The van der Waals surface area contributed by atoms with Crippen molar-refractivity contribution < 1.29 is 49.5 Å². The van der Waals surface area contributed by atoms with Gasteiger partial charge in [0.05, 0.1) is 30.2 Å². The normalized spacial score (nSPS) is 18.7. The highest BCUT2D eigenvalue weighted by molar-refractivity contribution is 7.88. The maximum Gasteiger partial charge on any atom is 0.471 e. The van der Waals surface area contributed by atoms with Gasteiger partial charge >= 0.3 is 18.3 Å². The number of fused-ring (bicyclic) bond motifs is 1. The van der Waals surface area contributed by atoms with Crippen LogP contribution in [0.4, 0.5) is 26.3 Å². The van der Waals surface area contributed by atoms with Crippen LogP contribution in [0.3, 0.4) is 0 Å². The molecule has 2 aliphatic heterocycles. The molecular weight excluding hydrogens is 658 g/mol. The molecule has 2 amide bonds. The van der Waals surface area contributed by atoms with Crippen molar-refractivity contribution in [2.24, 2.45) is 5.92 Å². The number of halogens is 6. The largest absolute Gasteiger partial charge is 0.471 e. The average Bonchev–Trinajstić information content (AvgIpc) is 3.53. The second kappa shape index (κ2) is 14.1. The summed E-state index contributed by atoms with van der Waals surface area (Å²) < 4.78 is 107. The summed E-state index contributed by atoms with van der Waals surface area (Å²) in [6, 6.07) is 2.63. The highest BCUT2D eigenvalue weighted by Gasteiger charge is 2.41. The summed E-state index contributed by atoms with van der Waals surface area (Å²) in [6.45, 7) is 3.59. The fourth-order valence-electron chi connectivity index (χ4n) is 5.87. The summed E-state index contributed by atoms with van der Waals surface area (Å²) >= 11 is 0. The van der Waals surface area contributed by atoms with E-state index in [1.807, 2.05) is 5.32 Å². The van der Waals surface area contributed by atoms with Gasteiger partial charge in [-0.1, -0.05) is 19.9 Å². The SMILES string of the molecule is CC(C)CC(=O)NCc1cc(-c2nn(CC(O)CN3CCC(NC(=O)C(F)(F)F)C3)c3c2CN(S(C)(=O)=O)CC3)ccc1C(F)(F)F. The monoisotopic (exact) mass is 696 g/mol. The Morgan fingerprint density at radius 2 is 1.81 bits per heavy atom. The number of β-amino-alcohol motifs (C(OH)–C–C–N with tert-alkyl or cyclic N) is 1. The lowest BCUT2D eigenvalue weighted by Crippen LogP contribution is -2.44. The number of aromatic nitrogens is 2. The number of alkyl halides is 6. The zero-order valence-corrected chi connectivity index (χ0v) is 26.9. The number of aliphatic hydroxyl groups excluding tert-OH is 1. The summed E-state index contributed by atoms with van der Waals surface area (Å²) in [6.07, 6.45) is -9.16. The number of nitrogens with one attached hydrogen (secondary N) is 2. The average molecular weight is 697 g/mol. The van der Waals surface area contributed by atoms with Gasteiger partial charge in [-0.3, -0.25) is 19.2 Å². The molecule has 3 heterocycles. The van der Waals surface area contributed by atoms with Gasteiger partial charge < -0.3 is 15.7 Å². The summed E-state index contributed by atoms with van der Waals surface area (Å²) in [5, 5.41) is 20.0. The molecule has 1 aromatic heterocycles. The Kier molecular flexibility index (Phi) is 11.0. The number of aliphatic hydroxyl groups is 1. The Morgan fingerprint density at radius 3 is 2.43 bits per heavy atom. The van der Waals surface area contributed by atoms with Crippen LogP contribution in [0.25, 0.3) is 11.3 Å². The van der Waals surface area contributed by atoms with E-state index >= 15 is 0 Å². The summed E-state index contributed by atoms with van der Waals surface area (Å²) in [7, 11) is -3.64. The van der Waals surface area contributed by atoms with Gasteiger partial charge in [-0.2, -0.15) is 35.7 Å². The number of likely N-dealkylation sites (tertiary alicyclic amines) is 1. The van der Waals surface area contributed by atoms with Crippen molar-refractivity contribution in [3.63, 3.8) is 0 Å². The number of rotatable bonds is 11. The highest BCUT2D eigenvalue weighted by Crippen LogP contribution is 2.37. The van der Waals surface area contributed by atoms with Crippen LogP contribution < -0.4 is 10.6 Å². The second-order valence-electron chi connectivity index (χ2n) is 12.4. The van der Waals surface area contributed by atoms with E-state index in [2.05, 4.69) is 10.4 Å². The maximum absolute atomic E-state index is 13.9. The van der Waals surface area contributed by atoms with E-state index < -0.39 is 58.4 Å². The molecule has 0 spiro atoms. The molecule has 47 heavy (non-hydrogen) atoms. The summed E-state index contributed by atoms with van der Waals surface area (Å²) in [5.41, 5.74) is 0.381. The molecule has 0 radical (unpaired) electrons. The van der Waals surface area contributed by atoms with Gasteiger partial charge in [-0.25, -0.2) is 8.42 Å². The Bertz CT molecular complexity index is 1580. The zero-order valence-electron chi connectivity index (χ0n) is 26.1. The van der Waals surface area contributed by atoms with E-state index in [1.165, 1.54) is 21.1 Å². The van der Waals surface area contributed by atoms with Gasteiger partial charge in [-0.05, 0) is 30.0 Å². The molecular formula is C29H38F6N6O5S. The number of hydrogen-bond acceptors (Lipinski definition) is 7. The van der Waals surface area contributed by atoms with E-state index in [-0.39, 0.29) is 74.7 Å². The van der Waals surface area contributed by atoms with Crippen molar-refractivity contribution in [1.29, 1.82) is 0 Å². The Hall–Kier alpha value is -3.22. The number of amides is 2. The third-order valence-electron chi connectivity index (χ3n) is 8.04. The Labute approximate surface area is 268 Å². The molecule has 1 aromatic carbocycles. The number of carbonyl (C=O) groups is 2. The van der Waals surface area contributed by atoms with Gasteiger partial charge in [0.25, 0.3) is 0 Å². The summed E-state index contributed by atoms with van der Waals surface area (Å²) in [5.74, 6) is -2.45. The minimum Gasteiger partial charge on any atom is -0.390 e. The number of nitrogens with zero attached hydrogens (tertiary/aromatic N) is 4. The molecule has 0 bridgehead atoms. The lowest BCUT2D eigenvalue weighted by atomic mass is 9.97. The lowest BCUT2D eigenvalue weighted by molar-refractivity contribution is -0.174. The standard InChI is InChI=1S/C29H38F6N6O5S/c1-17(2)10-25(43)36-12-19-11-18(4-5-23(19)28(30,31)32)26-22-16-40(47(3,45)46)9-7-24(22)41(38-26)15-21(42)14-39-8-6-20(13-39)37-27(44)29(33,34)35/h4-5,11,17,20-21,42H,6-10,12-16H2,1-3H3,(H,36,43)(H,37,44). The van der Waals surface area contributed by atoms with Crippen molar-refractivity contribution in [3.8, 4) is 11.3 Å². The number of sulfonamides is 1. The topological polar surface area (TPSA) is 137 Å². The molecule has 0 aliphatic carbocycles. The van der Waals surface area contributed by atoms with Gasteiger partial charge in [0.2, 0.25) is 15.9 Å². The van der Waals surface area contributed by atoms with Crippen LogP contribution in [-0.2, 0) is 51.8 Å². The number of hydrogen-bond donors (Lipinski definition) is 3. The van der Waals surface area contributed by atoms with E-state index in [4.69, 9.17) is 0 Å². The van der Waals surface area contributed by atoms with E-state index in [0.29, 0.717) is 17.8 Å². The number of benzene rings is 1. The van der Waals surface area contributed by atoms with E-state index in [0.717, 1.165) is 12.3 Å². The molecule has 11 nitrogen and oxygen atoms in total. The zero-order chi connectivity index (χ0) is 34.9. The molecule has 2 aliphatic rings. The molecule has 2 aromatic rings. The maximum atomic E-state index is 13.9. The van der Waals surface area contributed by atoms with Crippen molar-refractivity contribution in [3.05, 3.63) is 40.6 Å². The molecule has 2 atom stereocenters. The van der Waals surface area contributed by atoms with Crippen LogP contribution in [0, 0.1) is 5.92 Å². The lowest BCUT2D eigenvalue weighted by Gasteiger charge is -2.26. The minimum atomic E-state index is -5.01. The molecule has 18 heteroatoms. The minimum absolute atomic E-state index is 0.00537. The van der Waals surface area contributed by atoms with Crippen LogP contribution in [0.5, 0.6) is 0 Å². The Morgan fingerprint density at radius 1 is 1.11 bits per heavy atom. The van der Waals surface area contributed by atoms with Crippen molar-refractivity contribution in [2.45, 2.75) is 77.2 Å². The fourth-order valence-corrected chi connectivity index (χ4v) is 6.66. The highest BCUT2D eigenvalue weighted by atomic mass is 32.2. The first-order valence-corrected chi connectivity index (χ1v) is 16.9. The molecule has 262 valence electrons. The first-order chi connectivity index (χ1) is 21.7.